The Morgan fingerprint density at radius 3 is 2.61 bits per heavy atom. The normalized spacial score (nSPS) is 11.1. The van der Waals surface area contributed by atoms with E-state index in [1.165, 1.54) is 12.1 Å². The van der Waals surface area contributed by atoms with Gasteiger partial charge in [-0.25, -0.2) is 0 Å². The average Bonchev–Trinajstić information content (AvgIpc) is 2.31. The summed E-state index contributed by atoms with van der Waals surface area (Å²) in [6.45, 7) is 3.30. The van der Waals surface area contributed by atoms with Crippen molar-refractivity contribution in [3.63, 3.8) is 0 Å². The summed E-state index contributed by atoms with van der Waals surface area (Å²) in [6.07, 6.45) is 0. The maximum Gasteiger partial charge on any atom is 0.273 e. The molecule has 0 saturated carbocycles. The summed E-state index contributed by atoms with van der Waals surface area (Å²) in [7, 11) is 0. The molecule has 98 valence electrons. The van der Waals surface area contributed by atoms with Crippen LogP contribution in [0.15, 0.2) is 18.2 Å². The highest BCUT2D eigenvalue weighted by molar-refractivity contribution is 6.20. The van der Waals surface area contributed by atoms with E-state index in [4.69, 9.17) is 11.6 Å². The number of nitrogens with one attached hydrogen (secondary N) is 1. The highest BCUT2D eigenvalue weighted by Gasteiger charge is 2.27. The van der Waals surface area contributed by atoms with Gasteiger partial charge in [0.05, 0.1) is 22.1 Å². The van der Waals surface area contributed by atoms with Crippen molar-refractivity contribution in [2.75, 3.05) is 11.2 Å². The van der Waals surface area contributed by atoms with E-state index in [0.29, 0.717) is 0 Å². The number of hydrogen-bond donors (Lipinski definition) is 2. The molecule has 6 nitrogen and oxygen atoms in total. The number of hydrogen-bond acceptors (Lipinski definition) is 4. The molecule has 0 aliphatic rings. The van der Waals surface area contributed by atoms with Gasteiger partial charge >= 0.3 is 0 Å². The molecule has 0 atom stereocenters. The molecule has 0 radical (unpaired) electrons. The number of alkyl halides is 1. The largest absolute Gasteiger partial charge is 0.506 e. The van der Waals surface area contributed by atoms with Gasteiger partial charge in [-0.15, -0.1) is 11.6 Å². The van der Waals surface area contributed by atoms with Gasteiger partial charge in [0.2, 0.25) is 5.91 Å². The van der Waals surface area contributed by atoms with Gasteiger partial charge in [-0.3, -0.25) is 14.9 Å². The first kappa shape index (κ1) is 14.2. The lowest BCUT2D eigenvalue weighted by molar-refractivity contribution is -0.384. The number of amides is 1. The van der Waals surface area contributed by atoms with Crippen LogP contribution in [0, 0.1) is 15.5 Å². The van der Waals surface area contributed by atoms with Crippen molar-refractivity contribution in [3.8, 4) is 5.75 Å². The molecular weight excluding hydrogens is 260 g/mol. The predicted molar refractivity (Wildman–Crippen MR) is 67.9 cm³/mol. The number of carbonyl (C=O) groups is 1. The van der Waals surface area contributed by atoms with Gasteiger partial charge < -0.3 is 10.4 Å². The number of non-ortho nitro benzene ring substituents is 1. The number of phenolic OH excluding ortho intramolecular Hbond substituents is 1. The summed E-state index contributed by atoms with van der Waals surface area (Å²) in [5.74, 6) is -0.614. The molecule has 0 fully saturated rings. The summed E-state index contributed by atoms with van der Waals surface area (Å²) in [6, 6.07) is 3.45. The van der Waals surface area contributed by atoms with Crippen LogP contribution < -0.4 is 5.32 Å². The molecule has 0 spiro atoms. The number of carbonyl (C=O) groups excluding carboxylic acids is 1. The lowest BCUT2D eigenvalue weighted by Crippen LogP contribution is -2.32. The zero-order chi connectivity index (χ0) is 13.9. The molecule has 0 aliphatic carbocycles. The van der Waals surface area contributed by atoms with Gasteiger partial charge in [-0.2, -0.15) is 0 Å². The topological polar surface area (TPSA) is 92.5 Å². The number of aromatic hydroxyl groups is 1. The number of anilines is 1. The maximum absolute atomic E-state index is 11.8. The molecule has 0 aromatic heterocycles. The van der Waals surface area contributed by atoms with Crippen molar-refractivity contribution in [2.45, 2.75) is 13.8 Å². The molecule has 1 aromatic carbocycles. The third-order valence-corrected chi connectivity index (χ3v) is 3.06. The summed E-state index contributed by atoms with van der Waals surface area (Å²) < 4.78 is 0. The van der Waals surface area contributed by atoms with Gasteiger partial charge in [-0.1, -0.05) is 0 Å². The van der Waals surface area contributed by atoms with Crippen molar-refractivity contribution in [3.05, 3.63) is 28.3 Å². The van der Waals surface area contributed by atoms with Gasteiger partial charge in [0.25, 0.3) is 5.69 Å². The molecule has 2 N–H and O–H groups in total. The Morgan fingerprint density at radius 1 is 1.56 bits per heavy atom. The van der Waals surface area contributed by atoms with E-state index in [1.54, 1.807) is 13.8 Å². The van der Waals surface area contributed by atoms with E-state index in [-0.39, 0.29) is 28.9 Å². The van der Waals surface area contributed by atoms with Crippen molar-refractivity contribution in [1.29, 1.82) is 0 Å². The van der Waals surface area contributed by atoms with E-state index < -0.39 is 10.3 Å². The first-order chi connectivity index (χ1) is 8.27. The molecule has 1 amide bonds. The first-order valence-electron chi connectivity index (χ1n) is 5.13. The third-order valence-electron chi connectivity index (χ3n) is 2.39. The lowest BCUT2D eigenvalue weighted by atomic mass is 9.95. The molecule has 1 aromatic rings. The van der Waals surface area contributed by atoms with Crippen molar-refractivity contribution in [1.82, 2.24) is 0 Å². The predicted octanol–water partition coefficient (Wildman–Crippen LogP) is 2.50. The van der Waals surface area contributed by atoms with E-state index in [9.17, 15) is 20.0 Å². The van der Waals surface area contributed by atoms with Crippen LogP contribution in [0.1, 0.15) is 13.8 Å². The fourth-order valence-corrected chi connectivity index (χ4v) is 1.21. The number of nitrogens with zero attached hydrogens (tertiary/aromatic N) is 1. The lowest BCUT2D eigenvalue weighted by Gasteiger charge is -2.20. The van der Waals surface area contributed by atoms with Gasteiger partial charge in [0.1, 0.15) is 5.75 Å². The minimum Gasteiger partial charge on any atom is -0.506 e. The van der Waals surface area contributed by atoms with Crippen LogP contribution in [0.2, 0.25) is 0 Å². The standard InChI is InChI=1S/C11H13ClN2O4/c1-11(2,6-12)10(16)13-8-4-3-7(14(17)18)5-9(8)15/h3-5,15H,6H2,1-2H3,(H,13,16). The number of nitro benzene ring substituents is 1. The number of nitro groups is 1. The SMILES string of the molecule is CC(C)(CCl)C(=O)Nc1ccc([N+](=O)[O-])cc1O. The summed E-state index contributed by atoms with van der Waals surface area (Å²) in [5.41, 5.74) is -0.929. The van der Waals surface area contributed by atoms with Gasteiger partial charge in [0, 0.05) is 11.9 Å². The quantitative estimate of drug-likeness (QED) is 0.381. The number of benzene rings is 1. The highest BCUT2D eigenvalue weighted by Crippen LogP contribution is 2.29. The Hall–Kier alpha value is -1.82. The zero-order valence-electron chi connectivity index (χ0n) is 9.94. The van der Waals surface area contributed by atoms with Crippen LogP contribution in [-0.2, 0) is 4.79 Å². The van der Waals surface area contributed by atoms with E-state index >= 15 is 0 Å². The minimum atomic E-state index is -0.796. The number of halogens is 1. The molecular formula is C11H13ClN2O4. The maximum atomic E-state index is 11.8. The first-order valence-corrected chi connectivity index (χ1v) is 5.66. The summed E-state index contributed by atoms with van der Waals surface area (Å²) in [5, 5.41) is 22.5. The van der Waals surface area contributed by atoms with Crippen LogP contribution >= 0.6 is 11.6 Å². The van der Waals surface area contributed by atoms with Crippen LogP contribution in [0.5, 0.6) is 5.75 Å². The van der Waals surface area contributed by atoms with Crippen LogP contribution in [-0.4, -0.2) is 21.8 Å². The smallest absolute Gasteiger partial charge is 0.273 e. The molecule has 0 unspecified atom stereocenters. The molecule has 0 bridgehead atoms. The van der Waals surface area contributed by atoms with Crippen LogP contribution in [0.4, 0.5) is 11.4 Å². The molecule has 18 heavy (non-hydrogen) atoms. The Bertz CT molecular complexity index is 488. The summed E-state index contributed by atoms with van der Waals surface area (Å²) >= 11 is 5.65. The second-order valence-corrected chi connectivity index (χ2v) is 4.70. The van der Waals surface area contributed by atoms with Gasteiger partial charge in [0.15, 0.2) is 0 Å². The van der Waals surface area contributed by atoms with Crippen molar-refractivity contribution in [2.24, 2.45) is 5.41 Å². The van der Waals surface area contributed by atoms with Crippen molar-refractivity contribution >= 4 is 28.9 Å². The minimum absolute atomic E-state index is 0.115. The number of rotatable bonds is 4. The summed E-state index contributed by atoms with van der Waals surface area (Å²) in [4.78, 5) is 21.6. The molecule has 1 rings (SSSR count). The highest BCUT2D eigenvalue weighted by atomic mass is 35.5. The zero-order valence-corrected chi connectivity index (χ0v) is 10.7. The Kier molecular flexibility index (Phi) is 4.13. The van der Waals surface area contributed by atoms with Crippen molar-refractivity contribution < 1.29 is 14.8 Å². The Labute approximate surface area is 109 Å². The van der Waals surface area contributed by atoms with Gasteiger partial charge in [-0.05, 0) is 19.9 Å². The number of phenols is 1. The van der Waals surface area contributed by atoms with Crippen LogP contribution in [0.25, 0.3) is 0 Å². The fourth-order valence-electron chi connectivity index (χ4n) is 1.09. The molecule has 7 heteroatoms. The third kappa shape index (κ3) is 3.10. The molecule has 0 aliphatic heterocycles. The van der Waals surface area contributed by atoms with E-state index in [2.05, 4.69) is 5.32 Å². The molecule has 0 saturated heterocycles. The van der Waals surface area contributed by atoms with E-state index in [1.807, 2.05) is 0 Å². The average molecular weight is 273 g/mol. The fraction of sp³-hybridized carbons (Fsp3) is 0.364. The second kappa shape index (κ2) is 5.22. The van der Waals surface area contributed by atoms with Crippen LogP contribution in [0.3, 0.4) is 0 Å². The Morgan fingerprint density at radius 2 is 2.17 bits per heavy atom. The molecule has 0 heterocycles. The Balaban J connectivity index is 2.93. The van der Waals surface area contributed by atoms with E-state index in [0.717, 1.165) is 6.07 Å². The second-order valence-electron chi connectivity index (χ2n) is 4.43. The monoisotopic (exact) mass is 272 g/mol.